The van der Waals surface area contributed by atoms with Crippen LogP contribution in [0.15, 0.2) is 29.2 Å². The number of rotatable bonds is 14. The van der Waals surface area contributed by atoms with Gasteiger partial charge in [-0.15, -0.1) is 6.58 Å². The molecule has 0 saturated heterocycles. The van der Waals surface area contributed by atoms with E-state index in [-0.39, 0.29) is 0 Å². The van der Waals surface area contributed by atoms with Gasteiger partial charge in [-0.3, -0.25) is 0 Å². The second kappa shape index (κ2) is 12.5. The fourth-order valence-corrected chi connectivity index (χ4v) is 2.74. The summed E-state index contributed by atoms with van der Waals surface area (Å²) < 4.78 is 5.73. The average molecular weight is 306 g/mol. The summed E-state index contributed by atoms with van der Waals surface area (Å²) in [7, 11) is 0. The van der Waals surface area contributed by atoms with Crippen molar-refractivity contribution in [2.75, 3.05) is 0 Å². The van der Waals surface area contributed by atoms with Gasteiger partial charge in [0.15, 0.2) is 0 Å². The summed E-state index contributed by atoms with van der Waals surface area (Å²) >= 11 is 0. The van der Waals surface area contributed by atoms with Crippen LogP contribution in [0.25, 0.3) is 0 Å². The lowest BCUT2D eigenvalue weighted by Crippen LogP contribution is -1.94. The van der Waals surface area contributed by atoms with Gasteiger partial charge in [0.05, 0.1) is 0 Å². The van der Waals surface area contributed by atoms with Crippen molar-refractivity contribution in [3.63, 3.8) is 0 Å². The SMILES string of the molecule is C=CCCC(O)c1ccc(CCCCCCCCCCC)o1. The minimum absolute atomic E-state index is 0.491. The Morgan fingerprint density at radius 2 is 1.68 bits per heavy atom. The van der Waals surface area contributed by atoms with E-state index in [1.807, 2.05) is 18.2 Å². The topological polar surface area (TPSA) is 33.4 Å². The Morgan fingerprint density at radius 1 is 1.05 bits per heavy atom. The van der Waals surface area contributed by atoms with Crippen molar-refractivity contribution in [2.45, 2.75) is 90.1 Å². The minimum Gasteiger partial charge on any atom is -0.463 e. The summed E-state index contributed by atoms with van der Waals surface area (Å²) in [4.78, 5) is 0. The zero-order valence-corrected chi connectivity index (χ0v) is 14.4. The first-order valence-electron chi connectivity index (χ1n) is 9.15. The molecule has 1 aromatic rings. The lowest BCUT2D eigenvalue weighted by atomic mass is 10.1. The molecular formula is C20H34O2. The fraction of sp³-hybridized carbons (Fsp3) is 0.700. The molecule has 2 nitrogen and oxygen atoms in total. The van der Waals surface area contributed by atoms with Crippen LogP contribution in [0.4, 0.5) is 0 Å². The third-order valence-electron chi connectivity index (χ3n) is 4.18. The maximum atomic E-state index is 9.95. The Balaban J connectivity index is 2.05. The zero-order chi connectivity index (χ0) is 16.0. The van der Waals surface area contributed by atoms with Crippen molar-refractivity contribution >= 4 is 0 Å². The van der Waals surface area contributed by atoms with E-state index in [4.69, 9.17) is 4.42 Å². The lowest BCUT2D eigenvalue weighted by molar-refractivity contribution is 0.139. The van der Waals surface area contributed by atoms with Gasteiger partial charge in [0.1, 0.15) is 17.6 Å². The van der Waals surface area contributed by atoms with E-state index >= 15 is 0 Å². The second-order valence-corrected chi connectivity index (χ2v) is 6.26. The van der Waals surface area contributed by atoms with Gasteiger partial charge in [-0.2, -0.15) is 0 Å². The predicted octanol–water partition coefficient (Wildman–Crippen LogP) is 6.35. The molecular weight excluding hydrogens is 272 g/mol. The molecule has 1 atom stereocenters. The molecule has 0 aliphatic rings. The van der Waals surface area contributed by atoms with Gasteiger partial charge in [-0.1, -0.05) is 64.4 Å². The number of hydrogen-bond donors (Lipinski definition) is 1. The van der Waals surface area contributed by atoms with Crippen molar-refractivity contribution < 1.29 is 9.52 Å². The monoisotopic (exact) mass is 306 g/mol. The van der Waals surface area contributed by atoms with Gasteiger partial charge >= 0.3 is 0 Å². The third kappa shape index (κ3) is 8.43. The maximum Gasteiger partial charge on any atom is 0.132 e. The Hall–Kier alpha value is -1.02. The smallest absolute Gasteiger partial charge is 0.132 e. The van der Waals surface area contributed by atoms with E-state index in [2.05, 4.69) is 13.5 Å². The van der Waals surface area contributed by atoms with Gasteiger partial charge < -0.3 is 9.52 Å². The highest BCUT2D eigenvalue weighted by Crippen LogP contribution is 2.22. The van der Waals surface area contributed by atoms with Crippen LogP contribution in [0.2, 0.25) is 0 Å². The van der Waals surface area contributed by atoms with Crippen LogP contribution in [0.5, 0.6) is 0 Å². The second-order valence-electron chi connectivity index (χ2n) is 6.26. The Labute approximate surface area is 136 Å². The van der Waals surface area contributed by atoms with Crippen LogP contribution < -0.4 is 0 Å². The van der Waals surface area contributed by atoms with E-state index in [1.165, 1.54) is 57.8 Å². The molecule has 0 fully saturated rings. The summed E-state index contributed by atoms with van der Waals surface area (Å²) in [5.74, 6) is 1.71. The average Bonchev–Trinajstić information content (AvgIpc) is 3.00. The molecule has 0 spiro atoms. The van der Waals surface area contributed by atoms with Gasteiger partial charge in [-0.25, -0.2) is 0 Å². The highest BCUT2D eigenvalue weighted by atomic mass is 16.4. The standard InChI is InChI=1S/C20H34O2/c1-3-5-7-8-9-10-11-12-13-14-18-16-17-20(22-18)19(21)15-6-4-2/h4,16-17,19,21H,2-3,5-15H2,1H3. The molecule has 126 valence electrons. The predicted molar refractivity (Wildman–Crippen MR) is 94.0 cm³/mol. The Bertz CT molecular complexity index is 381. The number of hydrogen-bond acceptors (Lipinski definition) is 2. The van der Waals surface area contributed by atoms with Crippen molar-refractivity contribution in [1.82, 2.24) is 0 Å². The first kappa shape index (κ1) is 19.0. The molecule has 1 rings (SSSR count). The van der Waals surface area contributed by atoms with Crippen LogP contribution in [0.1, 0.15) is 95.2 Å². The molecule has 0 saturated carbocycles. The molecule has 2 heteroatoms. The third-order valence-corrected chi connectivity index (χ3v) is 4.18. The molecule has 0 bridgehead atoms. The van der Waals surface area contributed by atoms with Crippen LogP contribution in [-0.4, -0.2) is 5.11 Å². The van der Waals surface area contributed by atoms with Gasteiger partial charge in [0.25, 0.3) is 0 Å². The van der Waals surface area contributed by atoms with Gasteiger partial charge in [0, 0.05) is 6.42 Å². The van der Waals surface area contributed by atoms with E-state index in [0.717, 1.165) is 18.6 Å². The molecule has 0 radical (unpaired) electrons. The number of allylic oxidation sites excluding steroid dienone is 1. The van der Waals surface area contributed by atoms with Crippen LogP contribution >= 0.6 is 0 Å². The normalized spacial score (nSPS) is 12.5. The largest absolute Gasteiger partial charge is 0.463 e. The van der Waals surface area contributed by atoms with Crippen molar-refractivity contribution in [3.8, 4) is 0 Å². The number of unbranched alkanes of at least 4 members (excludes halogenated alkanes) is 8. The summed E-state index contributed by atoms with van der Waals surface area (Å²) in [6.45, 7) is 5.94. The highest BCUT2D eigenvalue weighted by molar-refractivity contribution is 5.09. The first-order chi connectivity index (χ1) is 10.8. The zero-order valence-electron chi connectivity index (χ0n) is 14.4. The molecule has 1 unspecified atom stereocenters. The van der Waals surface area contributed by atoms with Crippen molar-refractivity contribution in [1.29, 1.82) is 0 Å². The van der Waals surface area contributed by atoms with Gasteiger partial charge in [-0.05, 0) is 31.4 Å². The number of aliphatic hydroxyl groups is 1. The molecule has 0 aliphatic carbocycles. The summed E-state index contributed by atoms with van der Waals surface area (Å²) in [6.07, 6.45) is 15.9. The molecule has 1 aromatic heterocycles. The molecule has 0 aliphatic heterocycles. The van der Waals surface area contributed by atoms with Crippen LogP contribution in [0.3, 0.4) is 0 Å². The van der Waals surface area contributed by atoms with Crippen molar-refractivity contribution in [3.05, 3.63) is 36.3 Å². The minimum atomic E-state index is -0.491. The molecule has 1 heterocycles. The first-order valence-corrected chi connectivity index (χ1v) is 9.15. The Morgan fingerprint density at radius 3 is 2.32 bits per heavy atom. The van der Waals surface area contributed by atoms with Gasteiger partial charge in [0.2, 0.25) is 0 Å². The summed E-state index contributed by atoms with van der Waals surface area (Å²) in [6, 6.07) is 3.92. The molecule has 1 N–H and O–H groups in total. The summed E-state index contributed by atoms with van der Waals surface area (Å²) in [5, 5.41) is 9.95. The Kier molecular flexibility index (Phi) is 10.8. The van der Waals surface area contributed by atoms with E-state index in [9.17, 15) is 5.11 Å². The van der Waals surface area contributed by atoms with E-state index in [0.29, 0.717) is 12.2 Å². The van der Waals surface area contributed by atoms with Crippen molar-refractivity contribution in [2.24, 2.45) is 0 Å². The van der Waals surface area contributed by atoms with E-state index < -0.39 is 6.10 Å². The molecule has 0 aromatic carbocycles. The van der Waals surface area contributed by atoms with Crippen LogP contribution in [-0.2, 0) is 6.42 Å². The molecule has 0 amide bonds. The fourth-order valence-electron chi connectivity index (χ4n) is 2.74. The highest BCUT2D eigenvalue weighted by Gasteiger charge is 2.11. The summed E-state index contributed by atoms with van der Waals surface area (Å²) in [5.41, 5.74) is 0. The van der Waals surface area contributed by atoms with Crippen LogP contribution in [0, 0.1) is 0 Å². The maximum absolute atomic E-state index is 9.95. The van der Waals surface area contributed by atoms with E-state index in [1.54, 1.807) is 0 Å². The lowest BCUT2D eigenvalue weighted by Gasteiger charge is -2.05. The number of aliphatic hydroxyl groups excluding tert-OH is 1. The quantitative estimate of drug-likeness (QED) is 0.321. The number of aryl methyl sites for hydroxylation is 1. The number of furan rings is 1. The molecule has 22 heavy (non-hydrogen) atoms.